The smallest absolute Gasteiger partial charge is 0.347 e. The van der Waals surface area contributed by atoms with Crippen molar-refractivity contribution in [3.63, 3.8) is 0 Å². The average Bonchev–Trinajstić information content (AvgIpc) is 2.79. The summed E-state index contributed by atoms with van der Waals surface area (Å²) in [5.41, 5.74) is 1.77. The molecule has 8 nitrogen and oxygen atoms in total. The predicted octanol–water partition coefficient (Wildman–Crippen LogP) is 2.24. The van der Waals surface area contributed by atoms with Gasteiger partial charge in [-0.25, -0.2) is 0 Å². The molecule has 0 saturated carbocycles. The molecular formula is C14H21N7OS2. The van der Waals surface area contributed by atoms with E-state index in [2.05, 4.69) is 20.1 Å². The van der Waals surface area contributed by atoms with Gasteiger partial charge in [0.2, 0.25) is 11.9 Å². The van der Waals surface area contributed by atoms with Gasteiger partial charge in [-0.2, -0.15) is 15.0 Å². The van der Waals surface area contributed by atoms with Gasteiger partial charge in [0.15, 0.2) is 3.95 Å². The number of rotatable bonds is 5. The summed E-state index contributed by atoms with van der Waals surface area (Å²) in [5, 5.41) is 4.16. The highest BCUT2D eigenvalue weighted by Crippen LogP contribution is 2.20. The highest BCUT2D eigenvalue weighted by Gasteiger charge is 2.13. The van der Waals surface area contributed by atoms with Crippen LogP contribution in [-0.2, 0) is 7.05 Å². The van der Waals surface area contributed by atoms with Crippen molar-refractivity contribution < 1.29 is 4.84 Å². The lowest BCUT2D eigenvalue weighted by atomic mass is 10.3. The first-order chi connectivity index (χ1) is 11.2. The van der Waals surface area contributed by atoms with E-state index in [1.807, 2.05) is 53.7 Å². The molecule has 0 spiro atoms. The van der Waals surface area contributed by atoms with Crippen LogP contribution in [0.15, 0.2) is 5.16 Å². The quantitative estimate of drug-likeness (QED) is 0.456. The maximum Gasteiger partial charge on any atom is 0.352 e. The van der Waals surface area contributed by atoms with E-state index in [0.717, 1.165) is 20.2 Å². The molecule has 0 fully saturated rings. The Balaban J connectivity index is 2.33. The Kier molecular flexibility index (Phi) is 5.50. The molecule has 0 unspecified atom stereocenters. The molecule has 0 bridgehead atoms. The molecule has 130 valence electrons. The summed E-state index contributed by atoms with van der Waals surface area (Å²) in [7, 11) is 9.35. The number of thiazole rings is 1. The van der Waals surface area contributed by atoms with E-state index >= 15 is 0 Å². The van der Waals surface area contributed by atoms with Crippen LogP contribution in [0.5, 0.6) is 6.01 Å². The Hall–Kier alpha value is -2.07. The molecule has 2 rings (SSSR count). The van der Waals surface area contributed by atoms with Crippen LogP contribution in [-0.4, -0.2) is 53.4 Å². The Morgan fingerprint density at radius 3 is 2.08 bits per heavy atom. The van der Waals surface area contributed by atoms with E-state index < -0.39 is 0 Å². The highest BCUT2D eigenvalue weighted by atomic mass is 32.1. The van der Waals surface area contributed by atoms with Gasteiger partial charge in [-0.05, 0) is 26.1 Å². The minimum atomic E-state index is 0.147. The van der Waals surface area contributed by atoms with E-state index in [0.29, 0.717) is 11.9 Å². The van der Waals surface area contributed by atoms with Crippen LogP contribution in [0.4, 0.5) is 11.9 Å². The van der Waals surface area contributed by atoms with Crippen molar-refractivity contribution in [3.05, 3.63) is 14.5 Å². The second-order valence-corrected chi connectivity index (χ2v) is 7.26. The Morgan fingerprint density at radius 2 is 1.67 bits per heavy atom. The number of oxime groups is 1. The molecule has 0 radical (unpaired) electrons. The van der Waals surface area contributed by atoms with Gasteiger partial charge >= 0.3 is 6.01 Å². The maximum atomic E-state index is 5.44. The number of hydrogen-bond acceptors (Lipinski definition) is 9. The molecule has 0 N–H and O–H groups in total. The first kappa shape index (κ1) is 18.3. The van der Waals surface area contributed by atoms with E-state index in [9.17, 15) is 0 Å². The van der Waals surface area contributed by atoms with Crippen molar-refractivity contribution in [2.75, 3.05) is 38.0 Å². The minimum Gasteiger partial charge on any atom is -0.347 e. The molecule has 24 heavy (non-hydrogen) atoms. The molecule has 0 aliphatic rings. The Morgan fingerprint density at radius 1 is 1.12 bits per heavy atom. The number of anilines is 2. The zero-order valence-corrected chi connectivity index (χ0v) is 16.5. The van der Waals surface area contributed by atoms with E-state index in [1.54, 1.807) is 9.80 Å². The molecule has 0 atom stereocenters. The fourth-order valence-corrected chi connectivity index (χ4v) is 3.09. The van der Waals surface area contributed by atoms with Crippen LogP contribution in [0.25, 0.3) is 0 Å². The molecule has 2 aromatic heterocycles. The van der Waals surface area contributed by atoms with Crippen molar-refractivity contribution in [2.24, 2.45) is 12.2 Å². The zero-order valence-electron chi connectivity index (χ0n) is 14.9. The normalized spacial score (nSPS) is 11.5. The van der Waals surface area contributed by atoms with Gasteiger partial charge < -0.3 is 19.2 Å². The Labute approximate surface area is 150 Å². The molecule has 0 aliphatic heterocycles. The van der Waals surface area contributed by atoms with Gasteiger partial charge in [0.25, 0.3) is 0 Å². The predicted molar refractivity (Wildman–Crippen MR) is 100 cm³/mol. The molecule has 0 aliphatic carbocycles. The third kappa shape index (κ3) is 3.88. The lowest BCUT2D eigenvalue weighted by Gasteiger charge is -2.15. The first-order valence-corrected chi connectivity index (χ1v) is 8.42. The number of hydrogen-bond donors (Lipinski definition) is 0. The van der Waals surface area contributed by atoms with Crippen molar-refractivity contribution in [3.8, 4) is 6.01 Å². The molecule has 0 amide bonds. The van der Waals surface area contributed by atoms with Crippen LogP contribution in [0, 0.1) is 10.9 Å². The van der Waals surface area contributed by atoms with Crippen molar-refractivity contribution >= 4 is 41.2 Å². The van der Waals surface area contributed by atoms with Crippen molar-refractivity contribution in [1.29, 1.82) is 0 Å². The highest BCUT2D eigenvalue weighted by molar-refractivity contribution is 7.73. The van der Waals surface area contributed by atoms with E-state index in [4.69, 9.17) is 17.1 Å². The number of nitrogens with zero attached hydrogens (tertiary/aromatic N) is 7. The van der Waals surface area contributed by atoms with Gasteiger partial charge in [-0.3, -0.25) is 0 Å². The first-order valence-electron chi connectivity index (χ1n) is 7.19. The van der Waals surface area contributed by atoms with Crippen LogP contribution in [0.2, 0.25) is 0 Å². The maximum absolute atomic E-state index is 5.44. The summed E-state index contributed by atoms with van der Waals surface area (Å²) in [6.07, 6.45) is 0. The fourth-order valence-electron chi connectivity index (χ4n) is 1.78. The molecular weight excluding hydrogens is 346 g/mol. The second kappa shape index (κ2) is 7.22. The summed E-state index contributed by atoms with van der Waals surface area (Å²) < 4.78 is 2.74. The Bertz CT molecular complexity index is 797. The van der Waals surface area contributed by atoms with Gasteiger partial charge in [0.05, 0.1) is 10.6 Å². The summed E-state index contributed by atoms with van der Waals surface area (Å²) in [6.45, 7) is 3.87. The van der Waals surface area contributed by atoms with Crippen molar-refractivity contribution in [2.45, 2.75) is 13.8 Å². The van der Waals surface area contributed by atoms with Crippen LogP contribution >= 0.6 is 23.6 Å². The fraction of sp³-hybridized carbons (Fsp3) is 0.500. The SMILES string of the molecule is C/C(=N/Oc1nc(N(C)C)nc(N(C)C)n1)c1sc(=S)n(C)c1C. The van der Waals surface area contributed by atoms with Gasteiger partial charge in [0, 0.05) is 40.9 Å². The zero-order chi connectivity index (χ0) is 18.0. The monoisotopic (exact) mass is 367 g/mol. The average molecular weight is 368 g/mol. The topological polar surface area (TPSA) is 71.7 Å². The van der Waals surface area contributed by atoms with Crippen molar-refractivity contribution in [1.82, 2.24) is 19.5 Å². The standard InChI is InChI=1S/C14H21N7OS2/c1-8(10-9(2)21(7)14(23)24-10)18-22-13-16-11(19(3)4)15-12(17-13)20(5)6/h1-7H3/b18-8-. The molecule has 10 heteroatoms. The second-order valence-electron chi connectivity index (χ2n) is 5.62. The molecule has 2 heterocycles. The summed E-state index contributed by atoms with van der Waals surface area (Å²) in [4.78, 5) is 22.8. The van der Waals surface area contributed by atoms with Crippen LogP contribution in [0.3, 0.4) is 0 Å². The number of aromatic nitrogens is 4. The summed E-state index contributed by atoms with van der Waals surface area (Å²) in [5.74, 6) is 1.01. The van der Waals surface area contributed by atoms with Crippen LogP contribution < -0.4 is 14.6 Å². The minimum absolute atomic E-state index is 0.147. The summed E-state index contributed by atoms with van der Waals surface area (Å²) >= 11 is 6.79. The molecule has 0 aromatic carbocycles. The summed E-state index contributed by atoms with van der Waals surface area (Å²) in [6, 6.07) is 0.147. The van der Waals surface area contributed by atoms with E-state index in [-0.39, 0.29) is 6.01 Å². The molecule has 0 saturated heterocycles. The van der Waals surface area contributed by atoms with E-state index in [1.165, 1.54) is 11.3 Å². The van der Waals surface area contributed by atoms with Crippen LogP contribution in [0.1, 0.15) is 17.5 Å². The lowest BCUT2D eigenvalue weighted by Crippen LogP contribution is -2.19. The molecule has 2 aromatic rings. The third-order valence-corrected chi connectivity index (χ3v) is 5.05. The van der Waals surface area contributed by atoms with Gasteiger partial charge in [0.1, 0.15) is 0 Å². The lowest BCUT2D eigenvalue weighted by molar-refractivity contribution is 0.312. The third-order valence-electron chi connectivity index (χ3n) is 3.28. The largest absolute Gasteiger partial charge is 0.352 e. The van der Waals surface area contributed by atoms with Gasteiger partial charge in [-0.15, -0.1) is 11.3 Å². The van der Waals surface area contributed by atoms with Gasteiger partial charge in [-0.1, -0.05) is 5.16 Å².